The van der Waals surface area contributed by atoms with Crippen molar-refractivity contribution < 1.29 is 9.53 Å². The van der Waals surface area contributed by atoms with Gasteiger partial charge in [0.1, 0.15) is 5.75 Å². The van der Waals surface area contributed by atoms with Crippen LogP contribution in [0.25, 0.3) is 0 Å². The van der Waals surface area contributed by atoms with E-state index in [2.05, 4.69) is 23.6 Å². The molecule has 1 saturated heterocycles. The Morgan fingerprint density at radius 3 is 3.00 bits per heavy atom. The van der Waals surface area contributed by atoms with Crippen molar-refractivity contribution in [2.75, 3.05) is 13.7 Å². The van der Waals surface area contributed by atoms with Gasteiger partial charge in [0.15, 0.2) is 0 Å². The van der Waals surface area contributed by atoms with Gasteiger partial charge in [0, 0.05) is 25.0 Å². The largest absolute Gasteiger partial charge is 0.497 e. The first-order valence-corrected chi connectivity index (χ1v) is 6.35. The molecule has 0 aromatic heterocycles. The molecule has 1 amide bonds. The summed E-state index contributed by atoms with van der Waals surface area (Å²) in [6.07, 6.45) is 1.52. The lowest BCUT2D eigenvalue weighted by Crippen LogP contribution is -2.46. The van der Waals surface area contributed by atoms with Gasteiger partial charge >= 0.3 is 0 Å². The van der Waals surface area contributed by atoms with Crippen LogP contribution < -0.4 is 15.4 Å². The van der Waals surface area contributed by atoms with Gasteiger partial charge in [-0.25, -0.2) is 0 Å². The summed E-state index contributed by atoms with van der Waals surface area (Å²) in [5.41, 5.74) is 1.20. The van der Waals surface area contributed by atoms with E-state index in [0.717, 1.165) is 12.2 Å². The maximum absolute atomic E-state index is 11.1. The molecule has 0 spiro atoms. The number of benzene rings is 1. The van der Waals surface area contributed by atoms with Crippen molar-refractivity contribution in [2.24, 2.45) is 0 Å². The van der Waals surface area contributed by atoms with Crippen LogP contribution in [0, 0.1) is 0 Å². The van der Waals surface area contributed by atoms with Gasteiger partial charge in [-0.05, 0) is 31.0 Å². The molecule has 4 heteroatoms. The fraction of sp³-hybridized carbons (Fsp3) is 0.500. The molecule has 0 radical (unpaired) electrons. The first-order valence-electron chi connectivity index (χ1n) is 6.35. The predicted molar refractivity (Wildman–Crippen MR) is 70.6 cm³/mol. The molecule has 1 aliphatic rings. The molecule has 0 saturated carbocycles. The van der Waals surface area contributed by atoms with Crippen molar-refractivity contribution in [3.8, 4) is 5.75 Å². The van der Waals surface area contributed by atoms with Gasteiger partial charge in [0.05, 0.1) is 7.11 Å². The molecule has 98 valence electrons. The standard InChI is InChI=1S/C14H20N2O2/c1-10(11-4-3-5-13(8-11)18-2)16-12-6-7-14(17)15-9-12/h3-5,8,10,12,16H,6-7,9H2,1-2H3,(H,15,17). The van der Waals surface area contributed by atoms with E-state index >= 15 is 0 Å². The normalized spacial score (nSPS) is 21.2. The van der Waals surface area contributed by atoms with Gasteiger partial charge in [-0.1, -0.05) is 12.1 Å². The molecule has 1 fully saturated rings. The van der Waals surface area contributed by atoms with Crippen LogP contribution in [0.5, 0.6) is 5.75 Å². The molecule has 18 heavy (non-hydrogen) atoms. The molecule has 0 aliphatic carbocycles. The Morgan fingerprint density at radius 1 is 1.50 bits per heavy atom. The minimum absolute atomic E-state index is 0.155. The highest BCUT2D eigenvalue weighted by Gasteiger charge is 2.19. The van der Waals surface area contributed by atoms with Crippen molar-refractivity contribution in [3.05, 3.63) is 29.8 Å². The second kappa shape index (κ2) is 5.87. The Balaban J connectivity index is 1.94. The van der Waals surface area contributed by atoms with Crippen LogP contribution in [0.3, 0.4) is 0 Å². The molecule has 2 N–H and O–H groups in total. The van der Waals surface area contributed by atoms with E-state index in [1.165, 1.54) is 5.56 Å². The van der Waals surface area contributed by atoms with Gasteiger partial charge in [0.2, 0.25) is 5.91 Å². The maximum atomic E-state index is 11.1. The maximum Gasteiger partial charge on any atom is 0.220 e. The summed E-state index contributed by atoms with van der Waals surface area (Å²) in [6, 6.07) is 8.66. The Bertz CT molecular complexity index is 410. The fourth-order valence-electron chi connectivity index (χ4n) is 2.24. The van der Waals surface area contributed by atoms with Crippen LogP contribution in [-0.4, -0.2) is 25.6 Å². The van der Waals surface area contributed by atoms with Gasteiger partial charge < -0.3 is 15.4 Å². The lowest BCUT2D eigenvalue weighted by molar-refractivity contribution is -0.122. The average Bonchev–Trinajstić information content (AvgIpc) is 2.41. The number of carbonyl (C=O) groups is 1. The number of amides is 1. The summed E-state index contributed by atoms with van der Waals surface area (Å²) in [4.78, 5) is 11.1. The molecule has 0 bridgehead atoms. The first kappa shape index (κ1) is 12.9. The van der Waals surface area contributed by atoms with Crippen molar-refractivity contribution in [1.29, 1.82) is 0 Å². The zero-order chi connectivity index (χ0) is 13.0. The van der Waals surface area contributed by atoms with Crippen molar-refractivity contribution in [1.82, 2.24) is 10.6 Å². The molecule has 2 rings (SSSR count). The average molecular weight is 248 g/mol. The number of piperidine rings is 1. The number of hydrogen-bond donors (Lipinski definition) is 2. The highest BCUT2D eigenvalue weighted by atomic mass is 16.5. The second-order valence-corrected chi connectivity index (χ2v) is 4.70. The van der Waals surface area contributed by atoms with E-state index in [1.54, 1.807) is 7.11 Å². The Hall–Kier alpha value is -1.55. The fourth-order valence-corrected chi connectivity index (χ4v) is 2.24. The van der Waals surface area contributed by atoms with E-state index in [4.69, 9.17) is 4.74 Å². The molecular weight excluding hydrogens is 228 g/mol. The zero-order valence-corrected chi connectivity index (χ0v) is 10.9. The van der Waals surface area contributed by atoms with Crippen LogP contribution in [0.4, 0.5) is 0 Å². The van der Waals surface area contributed by atoms with Crippen LogP contribution in [0.15, 0.2) is 24.3 Å². The van der Waals surface area contributed by atoms with Gasteiger partial charge in [-0.3, -0.25) is 4.79 Å². The molecule has 1 aliphatic heterocycles. The van der Waals surface area contributed by atoms with Crippen molar-refractivity contribution in [3.63, 3.8) is 0 Å². The second-order valence-electron chi connectivity index (χ2n) is 4.70. The third kappa shape index (κ3) is 3.23. The number of ether oxygens (including phenoxy) is 1. The highest BCUT2D eigenvalue weighted by molar-refractivity contribution is 5.76. The van der Waals surface area contributed by atoms with Crippen LogP contribution in [0.2, 0.25) is 0 Å². The summed E-state index contributed by atoms with van der Waals surface area (Å²) >= 11 is 0. The third-order valence-corrected chi connectivity index (χ3v) is 3.34. The Kier molecular flexibility index (Phi) is 4.20. The number of nitrogens with one attached hydrogen (secondary N) is 2. The number of carbonyl (C=O) groups excluding carboxylic acids is 1. The van der Waals surface area contributed by atoms with Crippen molar-refractivity contribution >= 4 is 5.91 Å². The monoisotopic (exact) mass is 248 g/mol. The summed E-state index contributed by atoms with van der Waals surface area (Å²) < 4.78 is 5.22. The Morgan fingerprint density at radius 2 is 2.33 bits per heavy atom. The van der Waals surface area contributed by atoms with E-state index in [9.17, 15) is 4.79 Å². The molecule has 1 heterocycles. The lowest BCUT2D eigenvalue weighted by atomic mass is 10.0. The van der Waals surface area contributed by atoms with Crippen molar-refractivity contribution in [2.45, 2.75) is 31.8 Å². The van der Waals surface area contributed by atoms with E-state index < -0.39 is 0 Å². The SMILES string of the molecule is COc1cccc(C(C)NC2CCC(=O)NC2)c1. The minimum atomic E-state index is 0.155. The Labute approximate surface area is 108 Å². The van der Waals surface area contributed by atoms with E-state index in [1.807, 2.05) is 18.2 Å². The zero-order valence-electron chi connectivity index (χ0n) is 10.9. The quantitative estimate of drug-likeness (QED) is 0.851. The molecule has 1 aromatic carbocycles. The number of hydrogen-bond acceptors (Lipinski definition) is 3. The van der Waals surface area contributed by atoms with Crippen LogP contribution >= 0.6 is 0 Å². The molecule has 2 atom stereocenters. The first-order chi connectivity index (χ1) is 8.69. The van der Waals surface area contributed by atoms with Gasteiger partial charge in [-0.2, -0.15) is 0 Å². The molecule has 1 aromatic rings. The predicted octanol–water partition coefficient (Wildman–Crippen LogP) is 1.62. The van der Waals surface area contributed by atoms with Gasteiger partial charge in [0.25, 0.3) is 0 Å². The molecule has 4 nitrogen and oxygen atoms in total. The lowest BCUT2D eigenvalue weighted by Gasteiger charge is -2.27. The number of methoxy groups -OCH3 is 1. The molecule has 2 unspecified atom stereocenters. The van der Waals surface area contributed by atoms with Crippen LogP contribution in [0.1, 0.15) is 31.4 Å². The summed E-state index contributed by atoms with van der Waals surface area (Å²) in [5, 5.41) is 6.42. The summed E-state index contributed by atoms with van der Waals surface area (Å²) in [6.45, 7) is 2.85. The van der Waals surface area contributed by atoms with E-state index in [0.29, 0.717) is 19.0 Å². The summed E-state index contributed by atoms with van der Waals surface area (Å²) in [7, 11) is 1.67. The third-order valence-electron chi connectivity index (χ3n) is 3.34. The summed E-state index contributed by atoms with van der Waals surface area (Å²) in [5.74, 6) is 1.03. The van der Waals surface area contributed by atoms with E-state index in [-0.39, 0.29) is 11.9 Å². The van der Waals surface area contributed by atoms with Gasteiger partial charge in [-0.15, -0.1) is 0 Å². The smallest absolute Gasteiger partial charge is 0.220 e. The van der Waals surface area contributed by atoms with Crippen LogP contribution in [-0.2, 0) is 4.79 Å². The highest BCUT2D eigenvalue weighted by Crippen LogP contribution is 2.20. The number of rotatable bonds is 4. The topological polar surface area (TPSA) is 50.4 Å². The minimum Gasteiger partial charge on any atom is -0.497 e. The molecular formula is C14H20N2O2.